The van der Waals surface area contributed by atoms with Crippen LogP contribution < -0.4 is 5.43 Å². The first kappa shape index (κ1) is 12.4. The highest BCUT2D eigenvalue weighted by Crippen LogP contribution is 2.02. The number of carbonyl (C=O) groups is 1. The van der Waals surface area contributed by atoms with Gasteiger partial charge < -0.3 is 5.43 Å². The van der Waals surface area contributed by atoms with Gasteiger partial charge in [-0.15, -0.1) is 0 Å². The van der Waals surface area contributed by atoms with Crippen LogP contribution in [0.5, 0.6) is 0 Å². The molecule has 0 amide bonds. The molecule has 4 nitrogen and oxygen atoms in total. The third-order valence-corrected chi connectivity index (χ3v) is 2.77. The SMILES string of the molecule is CC(=O)c1cncn1NCCCc1ccccc1. The largest absolute Gasteiger partial charge is 0.324 e. The smallest absolute Gasteiger partial charge is 0.179 e. The molecule has 0 bridgehead atoms. The summed E-state index contributed by atoms with van der Waals surface area (Å²) in [5.74, 6) is 0.0167. The quantitative estimate of drug-likeness (QED) is 0.625. The fraction of sp³-hybridized carbons (Fsp3) is 0.286. The summed E-state index contributed by atoms with van der Waals surface area (Å²) in [7, 11) is 0. The fourth-order valence-electron chi connectivity index (χ4n) is 1.82. The van der Waals surface area contributed by atoms with Crippen LogP contribution in [0.1, 0.15) is 29.4 Å². The Labute approximate surface area is 107 Å². The van der Waals surface area contributed by atoms with Crippen molar-refractivity contribution >= 4 is 5.78 Å². The number of hydrogen-bond acceptors (Lipinski definition) is 3. The Morgan fingerprint density at radius 2 is 2.11 bits per heavy atom. The van der Waals surface area contributed by atoms with Gasteiger partial charge in [0.25, 0.3) is 0 Å². The van der Waals surface area contributed by atoms with Crippen molar-refractivity contribution in [1.82, 2.24) is 9.66 Å². The molecule has 0 aliphatic heterocycles. The zero-order valence-corrected chi connectivity index (χ0v) is 10.5. The second kappa shape index (κ2) is 6.00. The van der Waals surface area contributed by atoms with Gasteiger partial charge >= 0.3 is 0 Å². The summed E-state index contributed by atoms with van der Waals surface area (Å²) in [6.45, 7) is 2.35. The minimum atomic E-state index is 0.0167. The van der Waals surface area contributed by atoms with Crippen molar-refractivity contribution in [3.05, 3.63) is 54.1 Å². The van der Waals surface area contributed by atoms with Crippen LogP contribution in [0.4, 0.5) is 0 Å². The number of imidazole rings is 1. The van der Waals surface area contributed by atoms with E-state index in [1.807, 2.05) is 18.2 Å². The fourth-order valence-corrected chi connectivity index (χ4v) is 1.82. The highest BCUT2D eigenvalue weighted by atomic mass is 16.1. The minimum Gasteiger partial charge on any atom is -0.324 e. The monoisotopic (exact) mass is 243 g/mol. The predicted octanol–water partition coefficient (Wildman–Crippen LogP) is 2.26. The van der Waals surface area contributed by atoms with Gasteiger partial charge in [0.15, 0.2) is 5.78 Å². The van der Waals surface area contributed by atoms with Crippen molar-refractivity contribution in [1.29, 1.82) is 0 Å². The van der Waals surface area contributed by atoms with Gasteiger partial charge in [0, 0.05) is 13.5 Å². The van der Waals surface area contributed by atoms with Crippen molar-refractivity contribution in [2.24, 2.45) is 0 Å². The molecule has 0 fully saturated rings. The van der Waals surface area contributed by atoms with E-state index >= 15 is 0 Å². The van der Waals surface area contributed by atoms with Crippen LogP contribution in [-0.4, -0.2) is 22.0 Å². The second-order valence-corrected chi connectivity index (χ2v) is 4.20. The zero-order chi connectivity index (χ0) is 12.8. The van der Waals surface area contributed by atoms with E-state index in [-0.39, 0.29) is 5.78 Å². The van der Waals surface area contributed by atoms with Gasteiger partial charge in [-0.1, -0.05) is 30.3 Å². The molecule has 0 atom stereocenters. The zero-order valence-electron chi connectivity index (χ0n) is 10.5. The Balaban J connectivity index is 1.79. The lowest BCUT2D eigenvalue weighted by Crippen LogP contribution is -2.19. The molecule has 0 aliphatic carbocycles. The van der Waals surface area contributed by atoms with Crippen molar-refractivity contribution in [3.8, 4) is 0 Å². The molecule has 1 aromatic heterocycles. The van der Waals surface area contributed by atoms with Crippen LogP contribution >= 0.6 is 0 Å². The molecule has 0 saturated carbocycles. The average Bonchev–Trinajstić information content (AvgIpc) is 2.84. The highest BCUT2D eigenvalue weighted by molar-refractivity contribution is 5.92. The number of hydrogen-bond donors (Lipinski definition) is 1. The first-order valence-electron chi connectivity index (χ1n) is 6.08. The summed E-state index contributed by atoms with van der Waals surface area (Å²) in [5, 5.41) is 0. The van der Waals surface area contributed by atoms with Crippen LogP contribution in [0.15, 0.2) is 42.9 Å². The van der Waals surface area contributed by atoms with Crippen molar-refractivity contribution in [3.63, 3.8) is 0 Å². The van der Waals surface area contributed by atoms with Crippen molar-refractivity contribution < 1.29 is 4.79 Å². The summed E-state index contributed by atoms with van der Waals surface area (Å²) in [4.78, 5) is 15.2. The number of ketones is 1. The standard InChI is InChI=1S/C14H17N3O/c1-12(18)14-10-15-11-17(14)16-9-5-8-13-6-3-2-4-7-13/h2-4,6-7,10-11,16H,5,8-9H2,1H3. The van der Waals surface area contributed by atoms with Crippen LogP contribution in [0.25, 0.3) is 0 Å². The van der Waals surface area contributed by atoms with Crippen LogP contribution in [0.3, 0.4) is 0 Å². The van der Waals surface area contributed by atoms with Gasteiger partial charge in [-0.3, -0.25) is 4.79 Å². The summed E-state index contributed by atoms with van der Waals surface area (Å²) >= 11 is 0. The predicted molar refractivity (Wildman–Crippen MR) is 71.2 cm³/mol. The number of aryl methyl sites for hydroxylation is 1. The van der Waals surface area contributed by atoms with E-state index in [1.165, 1.54) is 5.56 Å². The second-order valence-electron chi connectivity index (χ2n) is 4.20. The number of aromatic nitrogens is 2. The van der Waals surface area contributed by atoms with Crippen LogP contribution in [0, 0.1) is 0 Å². The molecule has 94 valence electrons. The van der Waals surface area contributed by atoms with Crippen molar-refractivity contribution in [2.45, 2.75) is 19.8 Å². The Morgan fingerprint density at radius 3 is 2.83 bits per heavy atom. The third-order valence-electron chi connectivity index (χ3n) is 2.77. The molecule has 18 heavy (non-hydrogen) atoms. The van der Waals surface area contributed by atoms with Gasteiger partial charge in [-0.05, 0) is 18.4 Å². The first-order chi connectivity index (χ1) is 8.77. The summed E-state index contributed by atoms with van der Waals surface area (Å²) in [6, 6.07) is 10.4. The summed E-state index contributed by atoms with van der Waals surface area (Å²) in [6.07, 6.45) is 5.24. The molecule has 0 radical (unpaired) electrons. The van der Waals surface area contributed by atoms with Gasteiger partial charge in [-0.25, -0.2) is 9.66 Å². The molecule has 4 heteroatoms. The van der Waals surface area contributed by atoms with E-state index in [4.69, 9.17) is 0 Å². The lowest BCUT2D eigenvalue weighted by atomic mass is 10.1. The molecule has 0 unspecified atom stereocenters. The number of carbonyl (C=O) groups excluding carboxylic acids is 1. The van der Waals surface area contributed by atoms with Gasteiger partial charge in [-0.2, -0.15) is 0 Å². The van der Waals surface area contributed by atoms with E-state index in [2.05, 4.69) is 22.5 Å². The number of rotatable bonds is 6. The molecule has 1 N–H and O–H groups in total. The summed E-state index contributed by atoms with van der Waals surface area (Å²) < 4.78 is 1.69. The average molecular weight is 243 g/mol. The number of benzene rings is 1. The Hall–Kier alpha value is -2.10. The van der Waals surface area contributed by atoms with Gasteiger partial charge in [0.2, 0.25) is 0 Å². The Bertz CT molecular complexity index is 505. The number of Topliss-reactive ketones (excluding diaryl/α,β-unsaturated/α-hetero) is 1. The molecule has 1 aromatic carbocycles. The first-order valence-corrected chi connectivity index (χ1v) is 6.08. The molecular weight excluding hydrogens is 226 g/mol. The van der Waals surface area contributed by atoms with Crippen LogP contribution in [-0.2, 0) is 6.42 Å². The molecule has 0 aliphatic rings. The lowest BCUT2D eigenvalue weighted by molar-refractivity contribution is 0.101. The highest BCUT2D eigenvalue weighted by Gasteiger charge is 2.05. The number of nitrogens with zero attached hydrogens (tertiary/aromatic N) is 2. The van der Waals surface area contributed by atoms with E-state index in [1.54, 1.807) is 24.1 Å². The maximum Gasteiger partial charge on any atom is 0.179 e. The maximum atomic E-state index is 11.3. The maximum absolute atomic E-state index is 11.3. The van der Waals surface area contributed by atoms with E-state index in [0.717, 1.165) is 19.4 Å². The molecule has 0 saturated heterocycles. The minimum absolute atomic E-state index is 0.0167. The number of nitrogens with one attached hydrogen (secondary N) is 1. The van der Waals surface area contributed by atoms with E-state index in [9.17, 15) is 4.79 Å². The molecule has 2 aromatic rings. The van der Waals surface area contributed by atoms with E-state index < -0.39 is 0 Å². The molecule has 2 rings (SSSR count). The van der Waals surface area contributed by atoms with Crippen molar-refractivity contribution in [2.75, 3.05) is 12.0 Å². The van der Waals surface area contributed by atoms with Gasteiger partial charge in [0.1, 0.15) is 12.0 Å². The van der Waals surface area contributed by atoms with E-state index in [0.29, 0.717) is 5.69 Å². The molecule has 1 heterocycles. The third kappa shape index (κ3) is 3.20. The van der Waals surface area contributed by atoms with Crippen LogP contribution in [0.2, 0.25) is 0 Å². The Morgan fingerprint density at radius 1 is 1.33 bits per heavy atom. The molecule has 0 spiro atoms. The Kier molecular flexibility index (Phi) is 4.12. The van der Waals surface area contributed by atoms with Gasteiger partial charge in [0.05, 0.1) is 6.20 Å². The lowest BCUT2D eigenvalue weighted by Gasteiger charge is -2.09. The summed E-state index contributed by atoms with van der Waals surface area (Å²) in [5.41, 5.74) is 5.10. The normalized spacial score (nSPS) is 10.3. The topological polar surface area (TPSA) is 46.9 Å². The molecular formula is C14H17N3O.